The van der Waals surface area contributed by atoms with E-state index < -0.39 is 0 Å². The first kappa shape index (κ1) is 11.9. The van der Waals surface area contributed by atoms with Crippen LogP contribution in [0.5, 0.6) is 0 Å². The second kappa shape index (κ2) is 4.75. The van der Waals surface area contributed by atoms with Gasteiger partial charge in [0.15, 0.2) is 0 Å². The monoisotopic (exact) mass is 243 g/mol. The van der Waals surface area contributed by atoms with Crippen molar-refractivity contribution < 1.29 is 4.79 Å². The summed E-state index contributed by atoms with van der Waals surface area (Å²) in [4.78, 5) is 23.2. The number of anilines is 1. The largest absolute Gasteiger partial charge is 0.307 e. The van der Waals surface area contributed by atoms with Gasteiger partial charge < -0.3 is 5.32 Å². The Hall–Kier alpha value is -2.56. The summed E-state index contributed by atoms with van der Waals surface area (Å²) >= 11 is 0. The van der Waals surface area contributed by atoms with Crippen LogP contribution in [0.2, 0.25) is 0 Å². The van der Waals surface area contributed by atoms with Gasteiger partial charge in [-0.2, -0.15) is 0 Å². The van der Waals surface area contributed by atoms with Gasteiger partial charge in [-0.05, 0) is 19.1 Å². The van der Waals surface area contributed by atoms with E-state index in [1.165, 1.54) is 10.7 Å². The molecular weight excluding hydrogens is 230 g/mol. The highest BCUT2D eigenvalue weighted by Crippen LogP contribution is 2.06. The number of hydrogen-bond acceptors (Lipinski definition) is 2. The number of benzene rings is 1. The van der Waals surface area contributed by atoms with Gasteiger partial charge in [0.25, 0.3) is 11.5 Å². The van der Waals surface area contributed by atoms with Crippen molar-refractivity contribution in [3.63, 3.8) is 0 Å². The van der Waals surface area contributed by atoms with Crippen LogP contribution in [-0.4, -0.2) is 15.7 Å². The molecule has 0 saturated heterocycles. The van der Waals surface area contributed by atoms with Gasteiger partial charge in [0.1, 0.15) is 5.82 Å². The Morgan fingerprint density at radius 2 is 2.00 bits per heavy atom. The Balaban J connectivity index is 2.31. The molecule has 0 saturated carbocycles. The number of nitrogens with one attached hydrogen (secondary N) is 2. The van der Waals surface area contributed by atoms with Crippen molar-refractivity contribution in [3.05, 3.63) is 58.9 Å². The molecule has 0 aliphatic rings. The maximum absolute atomic E-state index is 11.7. The summed E-state index contributed by atoms with van der Waals surface area (Å²) in [7, 11) is 0. The van der Waals surface area contributed by atoms with Gasteiger partial charge in [0.2, 0.25) is 0 Å². The molecule has 5 nitrogen and oxygen atoms in total. The number of aromatic nitrogens is 2. The number of nitrogens with zero attached hydrogens (tertiary/aromatic N) is 1. The van der Waals surface area contributed by atoms with E-state index in [0.717, 1.165) is 0 Å². The average Bonchev–Trinajstić information content (AvgIpc) is 2.71. The van der Waals surface area contributed by atoms with Gasteiger partial charge >= 0.3 is 0 Å². The molecule has 2 N–H and O–H groups in total. The summed E-state index contributed by atoms with van der Waals surface area (Å²) in [5.41, 5.74) is 0.847. The average molecular weight is 243 g/mol. The summed E-state index contributed by atoms with van der Waals surface area (Å²) < 4.78 is 1.36. The van der Waals surface area contributed by atoms with Gasteiger partial charge in [0.05, 0.1) is 5.69 Å². The molecule has 0 atom stereocenters. The third-order valence-corrected chi connectivity index (χ3v) is 2.37. The summed E-state index contributed by atoms with van der Waals surface area (Å²) in [5.74, 6) is 0.0216. The Morgan fingerprint density at radius 3 is 2.61 bits per heavy atom. The number of H-pyrrole nitrogens is 1. The van der Waals surface area contributed by atoms with Crippen molar-refractivity contribution in [2.45, 2.75) is 6.92 Å². The number of amides is 1. The molecule has 0 bridgehead atoms. The minimum Gasteiger partial charge on any atom is -0.307 e. The summed E-state index contributed by atoms with van der Waals surface area (Å²) in [5, 5.41) is 5.37. The first-order valence-electron chi connectivity index (χ1n) is 5.42. The Morgan fingerprint density at radius 1 is 1.33 bits per heavy atom. The lowest BCUT2D eigenvalue weighted by molar-refractivity contribution is -0.112. The highest BCUT2D eigenvalue weighted by molar-refractivity contribution is 6.02. The molecule has 1 aromatic heterocycles. The fraction of sp³-hybridized carbons (Fsp3) is 0.0769. The molecular formula is C13H13N3O2. The van der Waals surface area contributed by atoms with Crippen LogP contribution in [0, 0.1) is 0 Å². The van der Waals surface area contributed by atoms with Gasteiger partial charge in [-0.15, -0.1) is 0 Å². The zero-order valence-corrected chi connectivity index (χ0v) is 9.93. The lowest BCUT2D eigenvalue weighted by Crippen LogP contribution is -2.13. The topological polar surface area (TPSA) is 66.9 Å². The molecule has 1 aromatic carbocycles. The van der Waals surface area contributed by atoms with Crippen LogP contribution in [0.3, 0.4) is 0 Å². The van der Waals surface area contributed by atoms with E-state index in [4.69, 9.17) is 0 Å². The van der Waals surface area contributed by atoms with Crippen molar-refractivity contribution in [1.29, 1.82) is 0 Å². The van der Waals surface area contributed by atoms with Crippen LogP contribution in [0.1, 0.15) is 6.92 Å². The first-order chi connectivity index (χ1) is 8.58. The van der Waals surface area contributed by atoms with E-state index in [9.17, 15) is 9.59 Å². The molecule has 2 rings (SSSR count). The summed E-state index contributed by atoms with van der Waals surface area (Å²) in [6, 6.07) is 10.4. The van der Waals surface area contributed by atoms with Crippen LogP contribution in [0.15, 0.2) is 53.3 Å². The van der Waals surface area contributed by atoms with E-state index in [0.29, 0.717) is 17.1 Å². The number of rotatable bonds is 3. The molecule has 2 aromatic rings. The molecule has 18 heavy (non-hydrogen) atoms. The Labute approximate surface area is 104 Å². The van der Waals surface area contributed by atoms with Gasteiger partial charge in [-0.1, -0.05) is 24.8 Å². The normalized spacial score (nSPS) is 10.1. The number of aromatic amines is 1. The quantitative estimate of drug-likeness (QED) is 0.805. The fourth-order valence-electron chi connectivity index (χ4n) is 1.46. The van der Waals surface area contributed by atoms with Crippen LogP contribution >= 0.6 is 0 Å². The molecule has 0 spiro atoms. The highest BCUT2D eigenvalue weighted by atomic mass is 16.2. The third kappa shape index (κ3) is 2.40. The smallest absolute Gasteiger partial charge is 0.273 e. The van der Waals surface area contributed by atoms with E-state index in [-0.39, 0.29) is 11.5 Å². The van der Waals surface area contributed by atoms with E-state index in [1.807, 2.05) is 18.2 Å². The second-order valence-corrected chi connectivity index (χ2v) is 3.91. The lowest BCUT2D eigenvalue weighted by atomic mass is 10.3. The molecule has 5 heteroatoms. The van der Waals surface area contributed by atoms with Gasteiger partial charge in [-0.3, -0.25) is 14.7 Å². The summed E-state index contributed by atoms with van der Waals surface area (Å²) in [6.45, 7) is 5.13. The summed E-state index contributed by atoms with van der Waals surface area (Å²) in [6.07, 6.45) is 0. The molecule has 0 unspecified atom stereocenters. The SMILES string of the molecule is C=C(C)C(=O)Nc1cc(=O)n(-c2ccccc2)[nH]1. The molecule has 1 heterocycles. The molecule has 1 amide bonds. The molecule has 0 fully saturated rings. The van der Waals surface area contributed by atoms with E-state index >= 15 is 0 Å². The minimum absolute atomic E-state index is 0.238. The van der Waals surface area contributed by atoms with Crippen LogP contribution in [0.4, 0.5) is 5.82 Å². The molecule has 0 aliphatic heterocycles. The van der Waals surface area contributed by atoms with Gasteiger partial charge in [0, 0.05) is 11.6 Å². The van der Waals surface area contributed by atoms with E-state index in [1.54, 1.807) is 19.1 Å². The highest BCUT2D eigenvalue weighted by Gasteiger charge is 2.08. The number of carbonyl (C=O) groups is 1. The zero-order chi connectivity index (χ0) is 13.1. The Kier molecular flexibility index (Phi) is 3.14. The molecule has 0 radical (unpaired) electrons. The van der Waals surface area contributed by atoms with Crippen molar-refractivity contribution in [2.24, 2.45) is 0 Å². The zero-order valence-electron chi connectivity index (χ0n) is 9.93. The third-order valence-electron chi connectivity index (χ3n) is 2.37. The predicted octanol–water partition coefficient (Wildman–Crippen LogP) is 1.68. The van der Waals surface area contributed by atoms with Crippen molar-refractivity contribution in [2.75, 3.05) is 5.32 Å². The lowest BCUT2D eigenvalue weighted by Gasteiger charge is -2.02. The van der Waals surface area contributed by atoms with Crippen LogP contribution in [-0.2, 0) is 4.79 Å². The number of carbonyl (C=O) groups excluding carboxylic acids is 1. The predicted molar refractivity (Wildman–Crippen MR) is 69.8 cm³/mol. The maximum atomic E-state index is 11.7. The van der Waals surface area contributed by atoms with E-state index in [2.05, 4.69) is 17.0 Å². The molecule has 92 valence electrons. The van der Waals surface area contributed by atoms with Crippen molar-refractivity contribution >= 4 is 11.7 Å². The van der Waals surface area contributed by atoms with Crippen LogP contribution < -0.4 is 10.9 Å². The Bertz CT molecular complexity index is 638. The molecule has 0 aliphatic carbocycles. The van der Waals surface area contributed by atoms with Crippen LogP contribution in [0.25, 0.3) is 5.69 Å². The van der Waals surface area contributed by atoms with Gasteiger partial charge in [-0.25, -0.2) is 4.68 Å². The fourth-order valence-corrected chi connectivity index (χ4v) is 1.46. The first-order valence-corrected chi connectivity index (χ1v) is 5.42. The standard InChI is InChI=1S/C13H13N3O2/c1-9(2)13(18)14-11-8-12(17)16(15-11)10-6-4-3-5-7-10/h3-8,15H,1H2,2H3,(H,14,18). The van der Waals surface area contributed by atoms with Crippen molar-refractivity contribution in [1.82, 2.24) is 9.78 Å². The maximum Gasteiger partial charge on any atom is 0.273 e. The number of hydrogen-bond donors (Lipinski definition) is 2. The minimum atomic E-state index is -0.323. The number of para-hydroxylation sites is 1. The second-order valence-electron chi connectivity index (χ2n) is 3.91. The van der Waals surface area contributed by atoms with Crippen molar-refractivity contribution in [3.8, 4) is 5.69 Å².